The second kappa shape index (κ2) is 5.97. The topological polar surface area (TPSA) is 44.8 Å². The molecule has 0 amide bonds. The maximum absolute atomic E-state index is 4.31. The van der Waals surface area contributed by atoms with E-state index in [2.05, 4.69) is 50.4 Å². The predicted octanol–water partition coefficient (Wildman–Crippen LogP) is 2.57. The first-order valence-corrected chi connectivity index (χ1v) is 7.07. The molecule has 1 aromatic heterocycles. The Balaban J connectivity index is 1.52. The predicted molar refractivity (Wildman–Crippen MR) is 74.7 cm³/mol. The lowest BCUT2D eigenvalue weighted by molar-refractivity contribution is 0.246. The molecule has 0 spiro atoms. The van der Waals surface area contributed by atoms with Crippen LogP contribution in [0.4, 0.5) is 0 Å². The molecule has 1 fully saturated rings. The molecule has 0 aliphatic carbocycles. The van der Waals surface area contributed by atoms with Gasteiger partial charge in [-0.3, -0.25) is 10.00 Å². The lowest BCUT2D eigenvalue weighted by atomic mass is 10.1. The Morgan fingerprint density at radius 1 is 1.26 bits per heavy atom. The van der Waals surface area contributed by atoms with Crippen LogP contribution in [-0.4, -0.2) is 33.2 Å². The monoisotopic (exact) mass is 256 g/mol. The Kier molecular flexibility index (Phi) is 3.89. The molecular formula is C15H20N4. The van der Waals surface area contributed by atoms with Gasteiger partial charge in [0.05, 0.1) is 6.04 Å². The Bertz CT molecular complexity index is 480. The molecule has 0 radical (unpaired) electrons. The van der Waals surface area contributed by atoms with E-state index >= 15 is 0 Å². The van der Waals surface area contributed by atoms with Crippen LogP contribution >= 0.6 is 0 Å². The SMILES string of the molecule is c1ccc(CCCN2CCC[C@H]2c2ncn[nH]2)cc1. The fourth-order valence-electron chi connectivity index (χ4n) is 2.91. The Hall–Kier alpha value is -1.68. The molecule has 0 unspecified atom stereocenters. The Morgan fingerprint density at radius 2 is 2.16 bits per heavy atom. The molecule has 0 saturated carbocycles. The molecule has 4 nitrogen and oxygen atoms in total. The highest BCUT2D eigenvalue weighted by atomic mass is 15.3. The summed E-state index contributed by atoms with van der Waals surface area (Å²) in [5.41, 5.74) is 1.43. The van der Waals surface area contributed by atoms with Gasteiger partial charge in [-0.05, 0) is 44.3 Å². The Labute approximate surface area is 113 Å². The average molecular weight is 256 g/mol. The van der Waals surface area contributed by atoms with Gasteiger partial charge in [0.25, 0.3) is 0 Å². The minimum atomic E-state index is 0.443. The molecule has 3 rings (SSSR count). The van der Waals surface area contributed by atoms with Crippen LogP contribution in [0, 0.1) is 0 Å². The van der Waals surface area contributed by atoms with Gasteiger partial charge in [-0.15, -0.1) is 0 Å². The molecule has 2 heterocycles. The van der Waals surface area contributed by atoms with Crippen molar-refractivity contribution in [1.29, 1.82) is 0 Å². The van der Waals surface area contributed by atoms with Gasteiger partial charge >= 0.3 is 0 Å². The number of likely N-dealkylation sites (tertiary alicyclic amines) is 1. The Morgan fingerprint density at radius 3 is 2.95 bits per heavy atom. The molecule has 2 aromatic rings. The zero-order valence-electron chi connectivity index (χ0n) is 11.1. The van der Waals surface area contributed by atoms with E-state index in [0.29, 0.717) is 6.04 Å². The normalized spacial score (nSPS) is 19.9. The number of nitrogens with one attached hydrogen (secondary N) is 1. The van der Waals surface area contributed by atoms with Gasteiger partial charge in [0.1, 0.15) is 12.2 Å². The average Bonchev–Trinajstić information content (AvgIpc) is 3.10. The summed E-state index contributed by atoms with van der Waals surface area (Å²) in [6.07, 6.45) is 6.42. The van der Waals surface area contributed by atoms with Gasteiger partial charge < -0.3 is 0 Å². The molecule has 1 aliphatic rings. The van der Waals surface area contributed by atoms with Crippen LogP contribution in [-0.2, 0) is 6.42 Å². The number of benzene rings is 1. The molecular weight excluding hydrogens is 236 g/mol. The maximum atomic E-state index is 4.31. The van der Waals surface area contributed by atoms with Crippen molar-refractivity contribution in [3.8, 4) is 0 Å². The highest BCUT2D eigenvalue weighted by Gasteiger charge is 2.27. The summed E-state index contributed by atoms with van der Waals surface area (Å²) in [7, 11) is 0. The number of H-pyrrole nitrogens is 1. The molecule has 1 N–H and O–H groups in total. The number of aryl methyl sites for hydroxylation is 1. The smallest absolute Gasteiger partial charge is 0.141 e. The summed E-state index contributed by atoms with van der Waals surface area (Å²) < 4.78 is 0. The summed E-state index contributed by atoms with van der Waals surface area (Å²) in [5, 5.41) is 6.98. The van der Waals surface area contributed by atoms with Crippen LogP contribution in [0.3, 0.4) is 0 Å². The summed E-state index contributed by atoms with van der Waals surface area (Å²) in [5.74, 6) is 1.03. The van der Waals surface area contributed by atoms with Crippen molar-refractivity contribution in [2.45, 2.75) is 31.7 Å². The van der Waals surface area contributed by atoms with Crippen molar-refractivity contribution < 1.29 is 0 Å². The molecule has 1 atom stereocenters. The standard InChI is InChI=1S/C15H20N4/c1-2-6-13(7-3-1)8-4-10-19-11-5-9-14(19)15-16-12-17-18-15/h1-3,6-7,12,14H,4-5,8-11H2,(H,16,17,18)/t14-/m0/s1. The number of aromatic amines is 1. The third kappa shape index (κ3) is 3.01. The van der Waals surface area contributed by atoms with Gasteiger partial charge in [0.15, 0.2) is 0 Å². The van der Waals surface area contributed by atoms with Crippen molar-refractivity contribution in [3.63, 3.8) is 0 Å². The molecule has 0 bridgehead atoms. The van der Waals surface area contributed by atoms with Crippen molar-refractivity contribution in [2.24, 2.45) is 0 Å². The molecule has 1 saturated heterocycles. The fourth-order valence-corrected chi connectivity index (χ4v) is 2.91. The van der Waals surface area contributed by atoms with E-state index < -0.39 is 0 Å². The third-order valence-electron chi connectivity index (χ3n) is 3.87. The first kappa shape index (κ1) is 12.4. The maximum Gasteiger partial charge on any atom is 0.141 e. The highest BCUT2D eigenvalue weighted by Crippen LogP contribution is 2.29. The van der Waals surface area contributed by atoms with Crippen LogP contribution in [0.1, 0.15) is 36.7 Å². The number of aromatic nitrogens is 3. The highest BCUT2D eigenvalue weighted by molar-refractivity contribution is 5.14. The zero-order valence-corrected chi connectivity index (χ0v) is 11.1. The zero-order chi connectivity index (χ0) is 12.9. The first-order valence-electron chi connectivity index (χ1n) is 7.07. The fraction of sp³-hybridized carbons (Fsp3) is 0.467. The van der Waals surface area contributed by atoms with E-state index in [4.69, 9.17) is 0 Å². The van der Waals surface area contributed by atoms with Crippen LogP contribution in [0.15, 0.2) is 36.7 Å². The van der Waals surface area contributed by atoms with Gasteiger partial charge in [-0.1, -0.05) is 30.3 Å². The number of hydrogen-bond acceptors (Lipinski definition) is 3. The van der Waals surface area contributed by atoms with Gasteiger partial charge in [0, 0.05) is 0 Å². The minimum Gasteiger partial charge on any atom is -0.293 e. The van der Waals surface area contributed by atoms with Crippen molar-refractivity contribution in [2.75, 3.05) is 13.1 Å². The number of rotatable bonds is 5. The second-order valence-corrected chi connectivity index (χ2v) is 5.15. The second-order valence-electron chi connectivity index (χ2n) is 5.15. The quantitative estimate of drug-likeness (QED) is 0.894. The van der Waals surface area contributed by atoms with Crippen LogP contribution < -0.4 is 0 Å². The van der Waals surface area contributed by atoms with E-state index in [0.717, 1.165) is 18.8 Å². The van der Waals surface area contributed by atoms with E-state index in [1.807, 2.05) is 0 Å². The largest absolute Gasteiger partial charge is 0.293 e. The minimum absolute atomic E-state index is 0.443. The third-order valence-corrected chi connectivity index (χ3v) is 3.87. The van der Waals surface area contributed by atoms with Gasteiger partial charge in [0.2, 0.25) is 0 Å². The van der Waals surface area contributed by atoms with Gasteiger partial charge in [-0.25, -0.2) is 4.98 Å². The van der Waals surface area contributed by atoms with E-state index in [-0.39, 0.29) is 0 Å². The number of hydrogen-bond donors (Lipinski definition) is 1. The molecule has 100 valence electrons. The number of nitrogens with zero attached hydrogens (tertiary/aromatic N) is 3. The van der Waals surface area contributed by atoms with Crippen LogP contribution in [0.2, 0.25) is 0 Å². The summed E-state index contributed by atoms with van der Waals surface area (Å²) in [6, 6.07) is 11.2. The van der Waals surface area contributed by atoms with Crippen molar-refractivity contribution in [3.05, 3.63) is 48.0 Å². The van der Waals surface area contributed by atoms with Gasteiger partial charge in [-0.2, -0.15) is 5.10 Å². The lowest BCUT2D eigenvalue weighted by Crippen LogP contribution is -2.25. The van der Waals surface area contributed by atoms with Crippen LogP contribution in [0.5, 0.6) is 0 Å². The van der Waals surface area contributed by atoms with E-state index in [9.17, 15) is 0 Å². The molecule has 1 aliphatic heterocycles. The summed E-state index contributed by atoms with van der Waals surface area (Å²) in [6.45, 7) is 2.32. The molecule has 1 aromatic carbocycles. The molecule has 4 heteroatoms. The summed E-state index contributed by atoms with van der Waals surface area (Å²) in [4.78, 5) is 6.84. The van der Waals surface area contributed by atoms with E-state index in [1.54, 1.807) is 6.33 Å². The summed E-state index contributed by atoms with van der Waals surface area (Å²) >= 11 is 0. The van der Waals surface area contributed by atoms with Crippen molar-refractivity contribution in [1.82, 2.24) is 20.1 Å². The van der Waals surface area contributed by atoms with Crippen molar-refractivity contribution >= 4 is 0 Å². The molecule has 19 heavy (non-hydrogen) atoms. The first-order chi connectivity index (χ1) is 9.43. The van der Waals surface area contributed by atoms with Crippen LogP contribution in [0.25, 0.3) is 0 Å². The van der Waals surface area contributed by atoms with E-state index in [1.165, 1.54) is 31.4 Å². The lowest BCUT2D eigenvalue weighted by Gasteiger charge is -2.22.